The molecule has 1 atom stereocenters. The lowest BCUT2D eigenvalue weighted by molar-refractivity contribution is -0.126. The van der Waals surface area contributed by atoms with Crippen LogP contribution in [0.2, 0.25) is 0 Å². The lowest BCUT2D eigenvalue weighted by Crippen LogP contribution is -2.36. The maximum absolute atomic E-state index is 12.3. The molecule has 0 unspecified atom stereocenters. The SMILES string of the molecule is Cc1cc(/C=C/C(=O)N(C)[C@@H]2CCS(=O)(=O)C2)c(C)n1C1CC1. The molecular formula is C17H24N2O3S. The summed E-state index contributed by atoms with van der Waals surface area (Å²) in [4.78, 5) is 13.9. The van der Waals surface area contributed by atoms with E-state index in [9.17, 15) is 13.2 Å². The minimum atomic E-state index is -2.97. The van der Waals surface area contributed by atoms with E-state index < -0.39 is 9.84 Å². The van der Waals surface area contributed by atoms with Crippen LogP contribution in [0, 0.1) is 13.8 Å². The third-order valence-electron chi connectivity index (χ3n) is 4.94. The maximum Gasteiger partial charge on any atom is 0.246 e. The smallest absolute Gasteiger partial charge is 0.246 e. The zero-order valence-electron chi connectivity index (χ0n) is 13.9. The number of likely N-dealkylation sites (N-methyl/N-ethyl adjacent to an activating group) is 1. The van der Waals surface area contributed by atoms with Crippen LogP contribution in [0.25, 0.3) is 6.08 Å². The van der Waals surface area contributed by atoms with Gasteiger partial charge in [-0.1, -0.05) is 0 Å². The summed E-state index contributed by atoms with van der Waals surface area (Å²) < 4.78 is 25.4. The first-order chi connectivity index (χ1) is 10.8. The van der Waals surface area contributed by atoms with Gasteiger partial charge in [-0.3, -0.25) is 4.79 Å². The fourth-order valence-corrected chi connectivity index (χ4v) is 5.18. The first-order valence-electron chi connectivity index (χ1n) is 8.12. The summed E-state index contributed by atoms with van der Waals surface area (Å²) in [5.74, 6) is 0.129. The summed E-state index contributed by atoms with van der Waals surface area (Å²) in [6.45, 7) is 4.18. The molecule has 1 aromatic rings. The van der Waals surface area contributed by atoms with Gasteiger partial charge in [0.2, 0.25) is 5.91 Å². The van der Waals surface area contributed by atoms with Gasteiger partial charge < -0.3 is 9.47 Å². The van der Waals surface area contributed by atoms with E-state index >= 15 is 0 Å². The molecule has 0 aromatic carbocycles. The Labute approximate surface area is 137 Å². The number of hydrogen-bond acceptors (Lipinski definition) is 3. The second kappa shape index (κ2) is 5.82. The summed E-state index contributed by atoms with van der Waals surface area (Å²) in [5.41, 5.74) is 3.49. The summed E-state index contributed by atoms with van der Waals surface area (Å²) in [6, 6.07) is 2.53. The van der Waals surface area contributed by atoms with Gasteiger partial charge in [-0.2, -0.15) is 0 Å². The molecular weight excluding hydrogens is 312 g/mol. The number of aromatic nitrogens is 1. The molecule has 5 nitrogen and oxygen atoms in total. The fraction of sp³-hybridized carbons (Fsp3) is 0.588. The highest BCUT2D eigenvalue weighted by atomic mass is 32.2. The third kappa shape index (κ3) is 3.37. The number of rotatable bonds is 4. The Morgan fingerprint density at radius 3 is 2.57 bits per heavy atom. The number of aryl methyl sites for hydroxylation is 1. The molecule has 1 aliphatic heterocycles. The van der Waals surface area contributed by atoms with Crippen LogP contribution >= 0.6 is 0 Å². The zero-order valence-corrected chi connectivity index (χ0v) is 14.8. The molecule has 1 saturated heterocycles. The molecule has 0 N–H and O–H groups in total. The molecule has 1 saturated carbocycles. The Bertz CT molecular complexity index is 757. The average Bonchev–Trinajstić information content (AvgIpc) is 3.18. The van der Waals surface area contributed by atoms with Crippen molar-refractivity contribution in [1.82, 2.24) is 9.47 Å². The van der Waals surface area contributed by atoms with Crippen molar-refractivity contribution in [2.24, 2.45) is 0 Å². The van der Waals surface area contributed by atoms with Crippen LogP contribution in [0.5, 0.6) is 0 Å². The van der Waals surface area contributed by atoms with Crippen molar-refractivity contribution in [1.29, 1.82) is 0 Å². The van der Waals surface area contributed by atoms with Gasteiger partial charge in [0.25, 0.3) is 0 Å². The van der Waals surface area contributed by atoms with Crippen LogP contribution in [0.15, 0.2) is 12.1 Å². The largest absolute Gasteiger partial charge is 0.346 e. The van der Waals surface area contributed by atoms with Crippen LogP contribution in [0.3, 0.4) is 0 Å². The Balaban J connectivity index is 1.70. The quantitative estimate of drug-likeness (QED) is 0.791. The molecule has 1 aliphatic carbocycles. The minimum absolute atomic E-state index is 0.0826. The van der Waals surface area contributed by atoms with Gasteiger partial charge >= 0.3 is 0 Å². The van der Waals surface area contributed by atoms with Crippen molar-refractivity contribution in [2.75, 3.05) is 18.6 Å². The molecule has 0 bridgehead atoms. The van der Waals surface area contributed by atoms with Crippen molar-refractivity contribution in [2.45, 2.75) is 45.2 Å². The Morgan fingerprint density at radius 2 is 2.00 bits per heavy atom. The molecule has 3 rings (SSSR count). The van der Waals surface area contributed by atoms with E-state index in [1.165, 1.54) is 24.2 Å². The van der Waals surface area contributed by atoms with Gasteiger partial charge in [-0.05, 0) is 50.8 Å². The second-order valence-electron chi connectivity index (χ2n) is 6.77. The van der Waals surface area contributed by atoms with E-state index in [0.717, 1.165) is 5.56 Å². The molecule has 1 amide bonds. The Kier molecular flexibility index (Phi) is 4.12. The zero-order chi connectivity index (χ0) is 16.8. The molecule has 6 heteroatoms. The lowest BCUT2D eigenvalue weighted by Gasteiger charge is -2.21. The van der Waals surface area contributed by atoms with E-state index in [2.05, 4.69) is 24.5 Å². The highest BCUT2D eigenvalue weighted by molar-refractivity contribution is 7.91. The topological polar surface area (TPSA) is 59.4 Å². The highest BCUT2D eigenvalue weighted by Gasteiger charge is 2.32. The van der Waals surface area contributed by atoms with E-state index in [4.69, 9.17) is 0 Å². The summed E-state index contributed by atoms with van der Waals surface area (Å²) in [5, 5.41) is 0. The van der Waals surface area contributed by atoms with Gasteiger partial charge in [0.1, 0.15) is 0 Å². The second-order valence-corrected chi connectivity index (χ2v) is 9.00. The Morgan fingerprint density at radius 1 is 1.30 bits per heavy atom. The summed E-state index contributed by atoms with van der Waals surface area (Å²) in [7, 11) is -1.29. The third-order valence-corrected chi connectivity index (χ3v) is 6.70. The number of amides is 1. The molecule has 2 heterocycles. The molecule has 0 radical (unpaired) electrons. The number of hydrogen-bond donors (Lipinski definition) is 0. The minimum Gasteiger partial charge on any atom is -0.346 e. The van der Waals surface area contributed by atoms with Crippen LogP contribution in [-0.2, 0) is 14.6 Å². The van der Waals surface area contributed by atoms with Crippen LogP contribution in [-0.4, -0.2) is 48.4 Å². The fourth-order valence-electron chi connectivity index (χ4n) is 3.41. The molecule has 2 fully saturated rings. The maximum atomic E-state index is 12.3. The first-order valence-corrected chi connectivity index (χ1v) is 9.94. The number of carbonyl (C=O) groups excluding carboxylic acids is 1. The van der Waals surface area contributed by atoms with Gasteiger partial charge in [0.15, 0.2) is 9.84 Å². The van der Waals surface area contributed by atoms with Gasteiger partial charge in [0.05, 0.1) is 11.5 Å². The predicted octanol–water partition coefficient (Wildman–Crippen LogP) is 2.10. The molecule has 23 heavy (non-hydrogen) atoms. The Hall–Kier alpha value is -1.56. The van der Waals surface area contributed by atoms with Crippen molar-refractivity contribution < 1.29 is 13.2 Å². The van der Waals surface area contributed by atoms with Gasteiger partial charge in [-0.15, -0.1) is 0 Å². The summed E-state index contributed by atoms with van der Waals surface area (Å²) >= 11 is 0. The highest BCUT2D eigenvalue weighted by Crippen LogP contribution is 2.38. The van der Waals surface area contributed by atoms with Crippen molar-refractivity contribution >= 4 is 21.8 Å². The van der Waals surface area contributed by atoms with Gasteiger partial charge in [-0.25, -0.2) is 8.42 Å². The predicted molar refractivity (Wildman–Crippen MR) is 91.0 cm³/mol. The first kappa shape index (κ1) is 16.3. The standard InChI is InChI=1S/C17H24N2O3S/c1-12-10-14(13(2)19(12)15-5-6-15)4-7-17(20)18(3)16-8-9-23(21,22)11-16/h4,7,10,15-16H,5-6,8-9,11H2,1-3H3/b7-4+/t16-/m1/s1. The molecule has 2 aliphatic rings. The normalized spacial score (nSPS) is 23.5. The van der Waals surface area contributed by atoms with Crippen molar-refractivity contribution in [3.8, 4) is 0 Å². The number of carbonyl (C=O) groups is 1. The van der Waals surface area contributed by atoms with Gasteiger partial charge in [0, 0.05) is 36.6 Å². The number of sulfone groups is 1. The van der Waals surface area contributed by atoms with E-state index in [-0.39, 0.29) is 23.5 Å². The van der Waals surface area contributed by atoms with Crippen LogP contribution in [0.4, 0.5) is 0 Å². The van der Waals surface area contributed by atoms with E-state index in [1.54, 1.807) is 18.0 Å². The summed E-state index contributed by atoms with van der Waals surface area (Å²) in [6.07, 6.45) is 6.41. The lowest BCUT2D eigenvalue weighted by atomic mass is 10.2. The average molecular weight is 336 g/mol. The van der Waals surface area contributed by atoms with Crippen molar-refractivity contribution in [3.63, 3.8) is 0 Å². The van der Waals surface area contributed by atoms with E-state index in [1.807, 2.05) is 6.08 Å². The molecule has 1 aromatic heterocycles. The monoisotopic (exact) mass is 336 g/mol. The van der Waals surface area contributed by atoms with Crippen LogP contribution < -0.4 is 0 Å². The van der Waals surface area contributed by atoms with Crippen molar-refractivity contribution in [3.05, 3.63) is 29.1 Å². The molecule has 0 spiro atoms. The number of nitrogens with zero attached hydrogens (tertiary/aromatic N) is 2. The van der Waals surface area contributed by atoms with E-state index in [0.29, 0.717) is 12.5 Å². The van der Waals surface area contributed by atoms with Crippen LogP contribution in [0.1, 0.15) is 42.3 Å². The molecule has 126 valence electrons.